The summed E-state index contributed by atoms with van der Waals surface area (Å²) in [5.74, 6) is 3.42. The molecule has 21 heavy (non-hydrogen) atoms. The Kier molecular flexibility index (Phi) is 6.10. The van der Waals surface area contributed by atoms with Gasteiger partial charge in [0.05, 0.1) is 6.61 Å². The monoisotopic (exact) mass is 289 g/mol. The molecule has 2 nitrogen and oxygen atoms in total. The minimum atomic E-state index is 0.657. The molecule has 3 unspecified atom stereocenters. The topological polar surface area (TPSA) is 21.3 Å². The molecule has 2 rings (SSSR count). The summed E-state index contributed by atoms with van der Waals surface area (Å²) in [5, 5.41) is 3.81. The maximum absolute atomic E-state index is 5.59. The molecule has 1 fully saturated rings. The summed E-state index contributed by atoms with van der Waals surface area (Å²) in [6, 6.07) is 9.13. The third-order valence-electron chi connectivity index (χ3n) is 4.80. The number of rotatable bonds is 6. The van der Waals surface area contributed by atoms with E-state index < -0.39 is 0 Å². The molecule has 0 aromatic heterocycles. The molecule has 1 aromatic rings. The summed E-state index contributed by atoms with van der Waals surface area (Å²) >= 11 is 0. The van der Waals surface area contributed by atoms with Gasteiger partial charge in [-0.1, -0.05) is 39.3 Å². The second kappa shape index (κ2) is 7.84. The highest BCUT2D eigenvalue weighted by molar-refractivity contribution is 5.28. The Hall–Kier alpha value is -1.02. The van der Waals surface area contributed by atoms with Crippen molar-refractivity contribution >= 4 is 0 Å². The van der Waals surface area contributed by atoms with Gasteiger partial charge in [-0.25, -0.2) is 0 Å². The summed E-state index contributed by atoms with van der Waals surface area (Å²) in [6.07, 6.45) is 4.07. The van der Waals surface area contributed by atoms with Gasteiger partial charge in [-0.2, -0.15) is 0 Å². The lowest BCUT2D eigenvalue weighted by atomic mass is 9.74. The van der Waals surface area contributed by atoms with E-state index >= 15 is 0 Å². The Labute approximate surface area is 130 Å². The molecule has 0 amide bonds. The molecule has 1 N–H and O–H groups in total. The SMILES string of the molecule is CCOc1cccc(CNC2CC(C)CCC2C(C)C)c1. The van der Waals surface area contributed by atoms with Gasteiger partial charge >= 0.3 is 0 Å². The smallest absolute Gasteiger partial charge is 0.119 e. The highest BCUT2D eigenvalue weighted by atomic mass is 16.5. The Balaban J connectivity index is 1.95. The van der Waals surface area contributed by atoms with Gasteiger partial charge < -0.3 is 10.1 Å². The van der Waals surface area contributed by atoms with E-state index in [0.29, 0.717) is 6.04 Å². The third-order valence-corrected chi connectivity index (χ3v) is 4.80. The van der Waals surface area contributed by atoms with Crippen LogP contribution in [-0.2, 0) is 6.54 Å². The number of benzene rings is 1. The summed E-state index contributed by atoms with van der Waals surface area (Å²) < 4.78 is 5.59. The number of hydrogen-bond donors (Lipinski definition) is 1. The molecule has 1 saturated carbocycles. The third kappa shape index (κ3) is 4.74. The molecule has 118 valence electrons. The molecular weight excluding hydrogens is 258 g/mol. The van der Waals surface area contributed by atoms with Crippen LogP contribution in [0.1, 0.15) is 52.5 Å². The van der Waals surface area contributed by atoms with Crippen molar-refractivity contribution in [3.63, 3.8) is 0 Å². The zero-order chi connectivity index (χ0) is 15.2. The van der Waals surface area contributed by atoms with Crippen molar-refractivity contribution in [3.8, 4) is 5.75 Å². The molecule has 2 heteroatoms. The Morgan fingerprint density at radius 1 is 1.29 bits per heavy atom. The van der Waals surface area contributed by atoms with E-state index in [-0.39, 0.29) is 0 Å². The zero-order valence-corrected chi connectivity index (χ0v) is 14.1. The summed E-state index contributed by atoms with van der Waals surface area (Å²) in [7, 11) is 0. The summed E-state index contributed by atoms with van der Waals surface area (Å²) in [4.78, 5) is 0. The van der Waals surface area contributed by atoms with Crippen molar-refractivity contribution in [2.24, 2.45) is 17.8 Å². The lowest BCUT2D eigenvalue weighted by molar-refractivity contribution is 0.169. The number of hydrogen-bond acceptors (Lipinski definition) is 2. The molecule has 1 aliphatic rings. The molecular formula is C19H31NO. The average Bonchev–Trinajstić information content (AvgIpc) is 2.45. The van der Waals surface area contributed by atoms with E-state index in [1.54, 1.807) is 0 Å². The number of ether oxygens (including phenoxy) is 1. The zero-order valence-electron chi connectivity index (χ0n) is 14.1. The van der Waals surface area contributed by atoms with Gasteiger partial charge in [0.1, 0.15) is 5.75 Å². The van der Waals surface area contributed by atoms with Gasteiger partial charge in [0.15, 0.2) is 0 Å². The molecule has 0 spiro atoms. The first-order valence-electron chi connectivity index (χ1n) is 8.55. The van der Waals surface area contributed by atoms with Crippen LogP contribution in [0.2, 0.25) is 0 Å². The minimum Gasteiger partial charge on any atom is -0.494 e. The van der Waals surface area contributed by atoms with Crippen LogP contribution in [0, 0.1) is 17.8 Å². The van der Waals surface area contributed by atoms with Gasteiger partial charge in [0.25, 0.3) is 0 Å². The van der Waals surface area contributed by atoms with Crippen LogP contribution >= 0.6 is 0 Å². The fourth-order valence-electron chi connectivity index (χ4n) is 3.60. The molecule has 0 heterocycles. The molecule has 1 aromatic carbocycles. The normalized spacial score (nSPS) is 26.0. The van der Waals surface area contributed by atoms with Crippen LogP contribution < -0.4 is 10.1 Å². The quantitative estimate of drug-likeness (QED) is 0.824. The maximum atomic E-state index is 5.59. The second-order valence-electron chi connectivity index (χ2n) is 6.89. The first-order valence-corrected chi connectivity index (χ1v) is 8.55. The van der Waals surface area contributed by atoms with E-state index in [0.717, 1.165) is 36.7 Å². The van der Waals surface area contributed by atoms with Gasteiger partial charge in [-0.05, 0) is 55.2 Å². The molecule has 0 aliphatic heterocycles. The van der Waals surface area contributed by atoms with Crippen molar-refractivity contribution in [1.82, 2.24) is 5.32 Å². The highest BCUT2D eigenvalue weighted by Crippen LogP contribution is 2.33. The predicted octanol–water partition coefficient (Wildman–Crippen LogP) is 4.64. The van der Waals surface area contributed by atoms with E-state index in [4.69, 9.17) is 4.74 Å². The first kappa shape index (κ1) is 16.4. The predicted molar refractivity (Wildman–Crippen MR) is 89.6 cm³/mol. The Bertz CT molecular complexity index is 429. The molecule has 0 bridgehead atoms. The summed E-state index contributed by atoms with van der Waals surface area (Å²) in [6.45, 7) is 10.8. The van der Waals surface area contributed by atoms with Gasteiger partial charge in [0, 0.05) is 12.6 Å². The van der Waals surface area contributed by atoms with Gasteiger partial charge in [-0.15, -0.1) is 0 Å². The first-order chi connectivity index (χ1) is 10.1. The van der Waals surface area contributed by atoms with E-state index in [9.17, 15) is 0 Å². The van der Waals surface area contributed by atoms with E-state index in [1.165, 1.54) is 24.8 Å². The average molecular weight is 289 g/mol. The second-order valence-corrected chi connectivity index (χ2v) is 6.89. The van der Waals surface area contributed by atoms with Crippen LogP contribution in [0.15, 0.2) is 24.3 Å². The van der Waals surface area contributed by atoms with Crippen LogP contribution in [0.4, 0.5) is 0 Å². The van der Waals surface area contributed by atoms with Crippen molar-refractivity contribution in [3.05, 3.63) is 29.8 Å². The largest absolute Gasteiger partial charge is 0.494 e. The van der Waals surface area contributed by atoms with Crippen LogP contribution in [-0.4, -0.2) is 12.6 Å². The van der Waals surface area contributed by atoms with E-state index in [1.807, 2.05) is 13.0 Å². The molecule has 0 saturated heterocycles. The lowest BCUT2D eigenvalue weighted by Crippen LogP contribution is -2.42. The van der Waals surface area contributed by atoms with E-state index in [2.05, 4.69) is 44.3 Å². The summed E-state index contributed by atoms with van der Waals surface area (Å²) in [5.41, 5.74) is 1.32. The maximum Gasteiger partial charge on any atom is 0.119 e. The molecule has 1 aliphatic carbocycles. The van der Waals surface area contributed by atoms with Crippen molar-refractivity contribution in [1.29, 1.82) is 0 Å². The fraction of sp³-hybridized carbons (Fsp3) is 0.684. The fourth-order valence-corrected chi connectivity index (χ4v) is 3.60. The Morgan fingerprint density at radius 3 is 2.81 bits per heavy atom. The highest BCUT2D eigenvalue weighted by Gasteiger charge is 2.30. The van der Waals surface area contributed by atoms with Crippen LogP contribution in [0.3, 0.4) is 0 Å². The number of nitrogens with one attached hydrogen (secondary N) is 1. The minimum absolute atomic E-state index is 0.657. The van der Waals surface area contributed by atoms with Gasteiger partial charge in [0.2, 0.25) is 0 Å². The Morgan fingerprint density at radius 2 is 2.10 bits per heavy atom. The van der Waals surface area contributed by atoms with Gasteiger partial charge in [-0.3, -0.25) is 0 Å². The molecule has 0 radical (unpaired) electrons. The molecule has 3 atom stereocenters. The lowest BCUT2D eigenvalue weighted by Gasteiger charge is -2.38. The van der Waals surface area contributed by atoms with Crippen molar-refractivity contribution in [2.75, 3.05) is 6.61 Å². The van der Waals surface area contributed by atoms with Crippen molar-refractivity contribution in [2.45, 2.75) is 59.5 Å². The van der Waals surface area contributed by atoms with Crippen LogP contribution in [0.25, 0.3) is 0 Å². The van der Waals surface area contributed by atoms with Crippen LogP contribution in [0.5, 0.6) is 5.75 Å². The van der Waals surface area contributed by atoms with Crippen molar-refractivity contribution < 1.29 is 4.74 Å². The standard InChI is InChI=1S/C19H31NO/c1-5-21-17-8-6-7-16(12-17)13-20-19-11-15(4)9-10-18(19)14(2)3/h6-8,12,14-15,18-20H,5,9-11,13H2,1-4H3.